The van der Waals surface area contributed by atoms with Gasteiger partial charge in [-0.3, -0.25) is 9.78 Å². The molecule has 1 amide bonds. The van der Waals surface area contributed by atoms with Crippen molar-refractivity contribution in [2.45, 2.75) is 12.8 Å². The van der Waals surface area contributed by atoms with Crippen molar-refractivity contribution in [3.63, 3.8) is 0 Å². The van der Waals surface area contributed by atoms with E-state index in [-0.39, 0.29) is 11.8 Å². The van der Waals surface area contributed by atoms with Crippen LogP contribution in [0.4, 0.5) is 0 Å². The van der Waals surface area contributed by atoms with Gasteiger partial charge in [0.25, 0.3) is 0 Å². The lowest BCUT2D eigenvalue weighted by molar-refractivity contribution is -0.130. The van der Waals surface area contributed by atoms with Crippen LogP contribution < -0.4 is 0 Å². The molecule has 1 unspecified atom stereocenters. The zero-order chi connectivity index (χ0) is 19.3. The maximum absolute atomic E-state index is 12.8. The maximum Gasteiger partial charge on any atom is 0.227 e. The Morgan fingerprint density at radius 3 is 2.48 bits per heavy atom. The monoisotopic (exact) mass is 387 g/mol. The molecular formula is C20H25N3O3S. The second-order valence-corrected chi connectivity index (χ2v) is 9.00. The summed E-state index contributed by atoms with van der Waals surface area (Å²) in [5, 5.41) is 0. The van der Waals surface area contributed by atoms with Crippen LogP contribution in [-0.4, -0.2) is 60.9 Å². The van der Waals surface area contributed by atoms with E-state index >= 15 is 0 Å². The van der Waals surface area contributed by atoms with E-state index in [9.17, 15) is 13.2 Å². The van der Waals surface area contributed by atoms with Crippen LogP contribution in [-0.2, 0) is 27.7 Å². The molecule has 1 aliphatic rings. The molecule has 0 saturated carbocycles. The molecule has 1 atom stereocenters. The summed E-state index contributed by atoms with van der Waals surface area (Å²) in [7, 11) is -3.31. The fourth-order valence-electron chi connectivity index (χ4n) is 3.43. The van der Waals surface area contributed by atoms with Gasteiger partial charge in [-0.25, -0.2) is 12.7 Å². The van der Waals surface area contributed by atoms with Crippen LogP contribution in [0.3, 0.4) is 0 Å². The smallest absolute Gasteiger partial charge is 0.227 e. The lowest BCUT2D eigenvalue weighted by Crippen LogP contribution is -2.37. The molecule has 0 bridgehead atoms. The van der Waals surface area contributed by atoms with Crippen molar-refractivity contribution < 1.29 is 13.2 Å². The summed E-state index contributed by atoms with van der Waals surface area (Å²) in [6.45, 7) is 1.69. The molecule has 0 spiro atoms. The van der Waals surface area contributed by atoms with Gasteiger partial charge in [0.1, 0.15) is 0 Å². The minimum atomic E-state index is -3.31. The Bertz CT molecular complexity index is 857. The van der Waals surface area contributed by atoms with E-state index in [0.717, 1.165) is 11.3 Å². The van der Waals surface area contributed by atoms with E-state index in [1.54, 1.807) is 11.1 Å². The average Bonchev–Trinajstić information content (AvgIpc) is 2.86. The Labute approximate surface area is 160 Å². The number of hydrogen-bond acceptors (Lipinski definition) is 4. The minimum absolute atomic E-state index is 0.0110. The van der Waals surface area contributed by atoms with Gasteiger partial charge in [-0.15, -0.1) is 0 Å². The van der Waals surface area contributed by atoms with Crippen molar-refractivity contribution in [1.82, 2.24) is 14.2 Å². The molecule has 1 aromatic heterocycles. The molecule has 144 valence electrons. The molecule has 1 fully saturated rings. The van der Waals surface area contributed by atoms with Crippen molar-refractivity contribution >= 4 is 15.9 Å². The highest BCUT2D eigenvalue weighted by atomic mass is 32.2. The number of rotatable bonds is 5. The van der Waals surface area contributed by atoms with Gasteiger partial charge in [-0.1, -0.05) is 36.4 Å². The van der Waals surface area contributed by atoms with Crippen molar-refractivity contribution in [2.75, 3.05) is 32.4 Å². The fraction of sp³-hybridized carbons (Fsp3) is 0.400. The number of carbonyl (C=O) groups is 1. The number of carbonyl (C=O) groups excluding carboxylic acids is 1. The van der Waals surface area contributed by atoms with E-state index in [2.05, 4.69) is 4.98 Å². The molecule has 0 radical (unpaired) electrons. The number of nitrogens with zero attached hydrogens (tertiary/aromatic N) is 3. The molecule has 27 heavy (non-hydrogen) atoms. The summed E-state index contributed by atoms with van der Waals surface area (Å²) in [6, 6.07) is 15.3. The quantitative estimate of drug-likeness (QED) is 0.781. The summed E-state index contributed by atoms with van der Waals surface area (Å²) in [4.78, 5) is 19.0. The lowest BCUT2D eigenvalue weighted by atomic mass is 10.0. The topological polar surface area (TPSA) is 70.6 Å². The zero-order valence-corrected chi connectivity index (χ0v) is 16.3. The van der Waals surface area contributed by atoms with E-state index < -0.39 is 10.0 Å². The van der Waals surface area contributed by atoms with Crippen LogP contribution >= 0.6 is 0 Å². The molecular weight excluding hydrogens is 362 g/mol. The van der Waals surface area contributed by atoms with E-state index in [1.807, 2.05) is 48.5 Å². The van der Waals surface area contributed by atoms with Crippen molar-refractivity contribution in [1.29, 1.82) is 0 Å². The van der Waals surface area contributed by atoms with Gasteiger partial charge in [-0.2, -0.15) is 0 Å². The number of hydrogen-bond donors (Lipinski definition) is 0. The van der Waals surface area contributed by atoms with Crippen molar-refractivity contribution in [2.24, 2.45) is 5.92 Å². The Hall–Kier alpha value is -2.25. The van der Waals surface area contributed by atoms with Crippen LogP contribution in [0.1, 0.15) is 11.3 Å². The number of benzene rings is 1. The van der Waals surface area contributed by atoms with Gasteiger partial charge in [0.15, 0.2) is 0 Å². The molecule has 6 nitrogen and oxygen atoms in total. The predicted octanol–water partition coefficient (Wildman–Crippen LogP) is 1.59. The Kier molecular flexibility index (Phi) is 6.23. The molecule has 2 heterocycles. The van der Waals surface area contributed by atoms with Crippen LogP contribution in [0.15, 0.2) is 54.7 Å². The first-order valence-corrected chi connectivity index (χ1v) is 10.9. The highest BCUT2D eigenvalue weighted by Gasteiger charge is 2.29. The Balaban J connectivity index is 1.75. The first-order valence-electron chi connectivity index (χ1n) is 9.08. The second kappa shape index (κ2) is 8.63. The number of pyridine rings is 1. The predicted molar refractivity (Wildman–Crippen MR) is 105 cm³/mol. The van der Waals surface area contributed by atoms with Gasteiger partial charge in [0, 0.05) is 38.1 Å². The molecule has 1 saturated heterocycles. The summed E-state index contributed by atoms with van der Waals surface area (Å²) >= 11 is 0. The van der Waals surface area contributed by atoms with Crippen LogP contribution in [0.25, 0.3) is 0 Å². The zero-order valence-electron chi connectivity index (χ0n) is 15.5. The first-order chi connectivity index (χ1) is 12.9. The number of sulfonamides is 1. The third kappa shape index (κ3) is 5.61. The van der Waals surface area contributed by atoms with Crippen LogP contribution in [0, 0.1) is 5.92 Å². The fourth-order valence-corrected chi connectivity index (χ4v) is 4.32. The summed E-state index contributed by atoms with van der Waals surface area (Å²) in [6.07, 6.45) is 3.93. The van der Waals surface area contributed by atoms with E-state index in [1.165, 1.54) is 10.6 Å². The molecule has 7 heteroatoms. The second-order valence-electron chi connectivity index (χ2n) is 7.01. The Morgan fingerprint density at radius 1 is 1.07 bits per heavy atom. The molecule has 1 aromatic carbocycles. The minimum Gasteiger partial charge on any atom is -0.341 e. The summed E-state index contributed by atoms with van der Waals surface area (Å²) in [5.74, 6) is 0.0411. The lowest BCUT2D eigenvalue weighted by Gasteiger charge is -2.24. The van der Waals surface area contributed by atoms with Gasteiger partial charge < -0.3 is 4.90 Å². The molecule has 2 aromatic rings. The molecule has 0 aliphatic carbocycles. The van der Waals surface area contributed by atoms with Crippen molar-refractivity contribution in [3.05, 3.63) is 66.0 Å². The molecule has 3 rings (SSSR count). The van der Waals surface area contributed by atoms with Gasteiger partial charge >= 0.3 is 0 Å². The third-order valence-electron chi connectivity index (χ3n) is 4.80. The van der Waals surface area contributed by atoms with Crippen molar-refractivity contribution in [3.8, 4) is 0 Å². The maximum atomic E-state index is 12.8. The van der Waals surface area contributed by atoms with Crippen LogP contribution in [0.2, 0.25) is 0 Å². The van der Waals surface area contributed by atoms with Gasteiger partial charge in [-0.05, 0) is 30.0 Å². The summed E-state index contributed by atoms with van der Waals surface area (Å²) in [5.41, 5.74) is 1.88. The third-order valence-corrected chi connectivity index (χ3v) is 6.07. The van der Waals surface area contributed by atoms with Gasteiger partial charge in [0.05, 0.1) is 12.7 Å². The van der Waals surface area contributed by atoms with Crippen LogP contribution in [0.5, 0.6) is 0 Å². The van der Waals surface area contributed by atoms with Gasteiger partial charge in [0.2, 0.25) is 15.9 Å². The molecule has 1 aliphatic heterocycles. The standard InChI is InChI=1S/C20H25N3O3S/c1-27(25,26)23-12-11-22(20(24)14-17-7-3-2-4-8-17)15-18(16-23)13-19-9-5-6-10-21-19/h2-10,18H,11-16H2,1H3. The average molecular weight is 388 g/mol. The number of amides is 1. The largest absolute Gasteiger partial charge is 0.341 e. The van der Waals surface area contributed by atoms with E-state index in [4.69, 9.17) is 0 Å². The first kappa shape index (κ1) is 19.5. The SMILES string of the molecule is CS(=O)(=O)N1CCN(C(=O)Cc2ccccc2)CC(Cc2ccccn2)C1. The van der Waals surface area contributed by atoms with E-state index in [0.29, 0.717) is 39.0 Å². The highest BCUT2D eigenvalue weighted by Crippen LogP contribution is 2.17. The Morgan fingerprint density at radius 2 is 1.81 bits per heavy atom. The number of aromatic nitrogens is 1. The normalized spacial score (nSPS) is 18.9. The highest BCUT2D eigenvalue weighted by molar-refractivity contribution is 7.88. The summed E-state index contributed by atoms with van der Waals surface area (Å²) < 4.78 is 25.7. The molecule has 0 N–H and O–H groups in total.